The second-order valence-electron chi connectivity index (χ2n) is 5.44. The molecule has 1 atom stereocenters. The number of hydrogen-bond donors (Lipinski definition) is 1. The minimum absolute atomic E-state index is 0.316. The summed E-state index contributed by atoms with van der Waals surface area (Å²) in [5, 5.41) is 9.66. The first-order valence-corrected chi connectivity index (χ1v) is 9.83. The van der Waals surface area contributed by atoms with Gasteiger partial charge < -0.3 is 9.53 Å². The van der Waals surface area contributed by atoms with Crippen LogP contribution in [0.5, 0.6) is 0 Å². The molecule has 0 bridgehead atoms. The Hall–Kier alpha value is 0.867. The zero-order valence-electron chi connectivity index (χ0n) is 11.5. The molecule has 0 aromatic rings. The van der Waals surface area contributed by atoms with Crippen molar-refractivity contribution in [2.24, 2.45) is 0 Å². The number of aliphatic hydroxyl groups excluding tert-OH is 1. The fourth-order valence-corrected chi connectivity index (χ4v) is 8.52. The van der Waals surface area contributed by atoms with E-state index < -0.39 is 8.32 Å². The van der Waals surface area contributed by atoms with Gasteiger partial charge in [0.05, 0.1) is 12.7 Å². The van der Waals surface area contributed by atoms with Crippen molar-refractivity contribution in [3.63, 3.8) is 0 Å². The third kappa shape index (κ3) is 3.96. The molecule has 0 rings (SSSR count). The van der Waals surface area contributed by atoms with Crippen LogP contribution in [-0.4, -0.2) is 30.6 Å². The molecular formula is C12H27IO2Si. The van der Waals surface area contributed by atoms with E-state index in [1.165, 1.54) is 0 Å². The highest BCUT2D eigenvalue weighted by Gasteiger charge is 2.45. The fourth-order valence-electron chi connectivity index (χ4n) is 2.79. The largest absolute Gasteiger partial charge is 0.413 e. The van der Waals surface area contributed by atoms with Crippen molar-refractivity contribution in [3.8, 4) is 0 Å². The molecule has 1 N–H and O–H groups in total. The molecule has 0 spiro atoms. The maximum absolute atomic E-state index is 9.66. The van der Waals surface area contributed by atoms with Crippen LogP contribution in [0, 0.1) is 0 Å². The molecule has 4 heteroatoms. The summed E-state index contributed by atoms with van der Waals surface area (Å²) in [5.41, 5.74) is 1.77. The van der Waals surface area contributed by atoms with E-state index in [1.54, 1.807) is 0 Å². The summed E-state index contributed by atoms with van der Waals surface area (Å²) < 4.78 is 7.00. The molecule has 0 saturated carbocycles. The number of rotatable bonds is 7. The summed E-state index contributed by atoms with van der Waals surface area (Å²) in [6.07, 6.45) is -0.316. The standard InChI is InChI=1S/C12H27IO2Si/c1-9(2)16(10(3)4,11(5)6)15-8-12(14)7-13/h9-12,14H,7-8H2,1-6H3/t12-/m1/s1. The Kier molecular flexibility index (Phi) is 7.73. The molecule has 0 aliphatic heterocycles. The van der Waals surface area contributed by atoms with Gasteiger partial charge in [0, 0.05) is 4.43 Å². The Morgan fingerprint density at radius 1 is 1.00 bits per heavy atom. The number of halogens is 1. The van der Waals surface area contributed by atoms with Crippen LogP contribution in [0.4, 0.5) is 0 Å². The molecule has 0 aliphatic carbocycles. The molecular weight excluding hydrogens is 331 g/mol. The molecule has 0 heterocycles. The third-order valence-corrected chi connectivity index (χ3v) is 10.5. The molecule has 0 amide bonds. The van der Waals surface area contributed by atoms with Gasteiger partial charge in [-0.05, 0) is 16.6 Å². The molecule has 0 fully saturated rings. The molecule has 0 radical (unpaired) electrons. The predicted octanol–water partition coefficient (Wildman–Crippen LogP) is 3.97. The van der Waals surface area contributed by atoms with E-state index in [-0.39, 0.29) is 6.10 Å². The summed E-state index contributed by atoms with van der Waals surface area (Å²) in [4.78, 5) is 0. The van der Waals surface area contributed by atoms with Crippen molar-refractivity contribution in [3.05, 3.63) is 0 Å². The Morgan fingerprint density at radius 2 is 1.38 bits per heavy atom. The number of aliphatic hydroxyl groups is 1. The van der Waals surface area contributed by atoms with Gasteiger partial charge in [-0.3, -0.25) is 0 Å². The van der Waals surface area contributed by atoms with Crippen LogP contribution in [0.25, 0.3) is 0 Å². The summed E-state index contributed by atoms with van der Waals surface area (Å²) >= 11 is 2.20. The van der Waals surface area contributed by atoms with Gasteiger partial charge >= 0.3 is 0 Å². The van der Waals surface area contributed by atoms with Crippen molar-refractivity contribution >= 4 is 30.9 Å². The lowest BCUT2D eigenvalue weighted by Crippen LogP contribution is -2.49. The van der Waals surface area contributed by atoms with Crippen molar-refractivity contribution in [1.82, 2.24) is 0 Å². The predicted molar refractivity (Wildman–Crippen MR) is 81.9 cm³/mol. The van der Waals surface area contributed by atoms with Crippen molar-refractivity contribution < 1.29 is 9.53 Å². The molecule has 0 unspecified atom stereocenters. The van der Waals surface area contributed by atoms with Crippen molar-refractivity contribution in [2.45, 2.75) is 64.3 Å². The van der Waals surface area contributed by atoms with Gasteiger partial charge in [0.1, 0.15) is 0 Å². The molecule has 98 valence electrons. The van der Waals surface area contributed by atoms with Crippen LogP contribution in [0.3, 0.4) is 0 Å². The average Bonchev–Trinajstić information content (AvgIpc) is 2.16. The second-order valence-corrected chi connectivity index (χ2v) is 11.8. The van der Waals surface area contributed by atoms with E-state index in [0.29, 0.717) is 23.2 Å². The summed E-state index contributed by atoms with van der Waals surface area (Å²) in [6, 6.07) is 0. The first kappa shape index (κ1) is 16.9. The van der Waals surface area contributed by atoms with Gasteiger partial charge in [-0.15, -0.1) is 0 Å². The molecule has 2 nitrogen and oxygen atoms in total. The highest BCUT2D eigenvalue weighted by molar-refractivity contribution is 14.1. The highest BCUT2D eigenvalue weighted by atomic mass is 127. The van der Waals surface area contributed by atoms with Crippen LogP contribution < -0.4 is 0 Å². The van der Waals surface area contributed by atoms with Gasteiger partial charge in [-0.25, -0.2) is 0 Å². The maximum atomic E-state index is 9.66. The first-order chi connectivity index (χ1) is 7.28. The highest BCUT2D eigenvalue weighted by Crippen LogP contribution is 2.42. The quantitative estimate of drug-likeness (QED) is 0.424. The summed E-state index contributed by atoms with van der Waals surface area (Å²) in [5.74, 6) is 0. The van der Waals surface area contributed by atoms with E-state index in [9.17, 15) is 5.11 Å². The van der Waals surface area contributed by atoms with Gasteiger partial charge in [0.15, 0.2) is 8.32 Å². The van der Waals surface area contributed by atoms with E-state index in [4.69, 9.17) is 4.43 Å². The van der Waals surface area contributed by atoms with Gasteiger partial charge in [-0.2, -0.15) is 0 Å². The normalized spacial score (nSPS) is 15.2. The van der Waals surface area contributed by atoms with Gasteiger partial charge in [-0.1, -0.05) is 64.1 Å². The number of alkyl halides is 1. The second kappa shape index (κ2) is 7.33. The Bertz CT molecular complexity index is 174. The fraction of sp³-hybridized carbons (Fsp3) is 1.00. The third-order valence-electron chi connectivity index (χ3n) is 3.41. The molecule has 0 aromatic heterocycles. The Balaban J connectivity index is 4.77. The van der Waals surface area contributed by atoms with E-state index >= 15 is 0 Å². The van der Waals surface area contributed by atoms with E-state index in [1.807, 2.05) is 0 Å². The zero-order valence-corrected chi connectivity index (χ0v) is 14.6. The SMILES string of the molecule is CC(C)[Si](OC[C@H](O)CI)(C(C)C)C(C)C. The average molecular weight is 358 g/mol. The van der Waals surface area contributed by atoms with Gasteiger partial charge in [0.25, 0.3) is 0 Å². The summed E-state index contributed by atoms with van der Waals surface area (Å²) in [6.45, 7) is 14.1. The van der Waals surface area contributed by atoms with Crippen LogP contribution >= 0.6 is 22.6 Å². The zero-order chi connectivity index (χ0) is 12.9. The topological polar surface area (TPSA) is 29.5 Å². The van der Waals surface area contributed by atoms with Crippen molar-refractivity contribution in [2.75, 3.05) is 11.0 Å². The van der Waals surface area contributed by atoms with E-state index in [2.05, 4.69) is 64.1 Å². The Morgan fingerprint density at radius 3 is 1.62 bits per heavy atom. The van der Waals surface area contributed by atoms with Crippen LogP contribution in [0.1, 0.15) is 41.5 Å². The summed E-state index contributed by atoms with van der Waals surface area (Å²) in [7, 11) is -1.77. The van der Waals surface area contributed by atoms with E-state index in [0.717, 1.165) is 4.43 Å². The van der Waals surface area contributed by atoms with Crippen molar-refractivity contribution in [1.29, 1.82) is 0 Å². The molecule has 16 heavy (non-hydrogen) atoms. The molecule has 0 saturated heterocycles. The van der Waals surface area contributed by atoms with Crippen LogP contribution in [-0.2, 0) is 4.43 Å². The number of hydrogen-bond acceptors (Lipinski definition) is 2. The molecule has 0 aromatic carbocycles. The van der Waals surface area contributed by atoms with Crippen LogP contribution in [0.2, 0.25) is 16.6 Å². The minimum Gasteiger partial charge on any atom is -0.413 e. The maximum Gasteiger partial charge on any atom is 0.200 e. The Labute approximate surface area is 115 Å². The first-order valence-electron chi connectivity index (χ1n) is 6.16. The van der Waals surface area contributed by atoms with Crippen LogP contribution in [0.15, 0.2) is 0 Å². The van der Waals surface area contributed by atoms with Gasteiger partial charge in [0.2, 0.25) is 0 Å². The monoisotopic (exact) mass is 358 g/mol. The molecule has 0 aliphatic rings. The lowest BCUT2D eigenvalue weighted by Gasteiger charge is -2.42. The smallest absolute Gasteiger partial charge is 0.200 e. The lowest BCUT2D eigenvalue weighted by atomic mass is 10.5. The minimum atomic E-state index is -1.77. The lowest BCUT2D eigenvalue weighted by molar-refractivity contribution is 0.117.